The molecule has 0 spiro atoms. The fourth-order valence-corrected chi connectivity index (χ4v) is 0.520. The maximum Gasteiger partial charge on any atom is 0.175 e. The van der Waals surface area contributed by atoms with Gasteiger partial charge in [-0.25, -0.2) is 0 Å². The number of nitrogens with zero attached hydrogens (tertiary/aromatic N) is 4. The molecule has 0 saturated carbocycles. The molecule has 0 aliphatic carbocycles. The first-order valence-electron chi connectivity index (χ1n) is 2.31. The highest BCUT2D eigenvalue weighted by molar-refractivity contribution is 7.78. The summed E-state index contributed by atoms with van der Waals surface area (Å²) in [6.07, 6.45) is 0.806. The van der Waals surface area contributed by atoms with Gasteiger partial charge in [-0.2, -0.15) is 0 Å². The van der Waals surface area contributed by atoms with Crippen LogP contribution in [0.4, 0.5) is 0 Å². The van der Waals surface area contributed by atoms with E-state index in [1.165, 1.54) is 0 Å². The van der Waals surface area contributed by atoms with Crippen LogP contribution in [0.5, 0.6) is 0 Å². The number of thiol groups is 1. The summed E-state index contributed by atoms with van der Waals surface area (Å²) in [6, 6.07) is 0. The summed E-state index contributed by atoms with van der Waals surface area (Å²) >= 11 is 3.79. The van der Waals surface area contributed by atoms with E-state index < -0.39 is 0 Å². The van der Waals surface area contributed by atoms with Crippen LogP contribution in [0, 0.1) is 0 Å². The van der Waals surface area contributed by atoms with E-state index in [9.17, 15) is 0 Å². The van der Waals surface area contributed by atoms with Crippen molar-refractivity contribution in [1.29, 1.82) is 0 Å². The number of hydrogen-bond donors (Lipinski definition) is 1. The van der Waals surface area contributed by atoms with Crippen LogP contribution < -0.4 is 0 Å². The number of hydrogen-bond acceptors (Lipinski definition) is 4. The first kappa shape index (κ1) is 5.55. The van der Waals surface area contributed by atoms with Gasteiger partial charge in [0, 0.05) is 6.42 Å². The van der Waals surface area contributed by atoms with Crippen LogP contribution in [-0.4, -0.2) is 19.6 Å². The second-order valence-electron chi connectivity index (χ2n) is 1.33. The number of aryl methyl sites for hydroxylation is 1. The zero-order chi connectivity index (χ0) is 5.98. The third-order valence-electron chi connectivity index (χ3n) is 0.761. The Bertz CT molecular complexity index is 172. The smallest absolute Gasteiger partial charge is 0.125 e. The average Bonchev–Trinajstić information content (AvgIpc) is 2.14. The van der Waals surface area contributed by atoms with Gasteiger partial charge in [-0.05, 0) is 18.0 Å². The Morgan fingerprint density at radius 2 is 2.50 bits per heavy atom. The fraction of sp³-hybridized carbons (Fsp3) is 0.667. The molecule has 44 valence electrons. The molecule has 0 N–H and O–H groups in total. The average molecular weight is 130 g/mol. The molecule has 8 heavy (non-hydrogen) atoms. The van der Waals surface area contributed by atoms with E-state index >= 15 is 0 Å². The van der Waals surface area contributed by atoms with Gasteiger partial charge >= 0.3 is 0 Å². The van der Waals surface area contributed by atoms with Crippen molar-refractivity contribution in [2.45, 2.75) is 13.3 Å². The van der Waals surface area contributed by atoms with Crippen LogP contribution in [0.1, 0.15) is 12.7 Å². The minimum atomic E-state index is 0.722. The predicted octanol–water partition coefficient (Wildman–Crippen LogP) is -0.0716. The van der Waals surface area contributed by atoms with Gasteiger partial charge in [-0.1, -0.05) is 6.92 Å². The SMILES string of the molecule is CCc1nnn(S)n1. The van der Waals surface area contributed by atoms with Gasteiger partial charge in [0.15, 0.2) is 5.82 Å². The van der Waals surface area contributed by atoms with E-state index in [1.807, 2.05) is 6.92 Å². The third kappa shape index (κ3) is 0.975. The van der Waals surface area contributed by atoms with Crippen molar-refractivity contribution >= 4 is 12.8 Å². The molecule has 0 saturated heterocycles. The van der Waals surface area contributed by atoms with Crippen LogP contribution in [0.2, 0.25) is 0 Å². The van der Waals surface area contributed by atoms with Gasteiger partial charge in [0.2, 0.25) is 0 Å². The normalized spacial score (nSPS) is 9.75. The molecule has 1 rings (SSSR count). The molecule has 0 unspecified atom stereocenters. The zero-order valence-corrected chi connectivity index (χ0v) is 5.34. The monoisotopic (exact) mass is 130 g/mol. The summed E-state index contributed by atoms with van der Waals surface area (Å²) in [4.78, 5) is 0. The standard InChI is InChI=1S/C3H6N4S/c1-2-3-4-6-7(8)5-3/h8H,2H2,1H3. The Balaban J connectivity index is 2.84. The van der Waals surface area contributed by atoms with Crippen molar-refractivity contribution in [3.63, 3.8) is 0 Å². The molecule has 0 amide bonds. The summed E-state index contributed by atoms with van der Waals surface area (Å²) in [5.41, 5.74) is 0. The molecule has 4 nitrogen and oxygen atoms in total. The van der Waals surface area contributed by atoms with E-state index in [4.69, 9.17) is 0 Å². The molecule has 1 aromatic rings. The first-order chi connectivity index (χ1) is 3.83. The molecule has 0 radical (unpaired) electrons. The molecular weight excluding hydrogens is 124 g/mol. The number of rotatable bonds is 1. The highest BCUT2D eigenvalue weighted by Gasteiger charge is 1.92. The largest absolute Gasteiger partial charge is 0.175 e. The Labute approximate surface area is 52.4 Å². The van der Waals surface area contributed by atoms with Crippen molar-refractivity contribution in [3.8, 4) is 0 Å². The molecule has 0 aromatic carbocycles. The first-order valence-corrected chi connectivity index (χ1v) is 2.71. The van der Waals surface area contributed by atoms with Gasteiger partial charge in [0.1, 0.15) is 0 Å². The molecule has 0 aliphatic rings. The topological polar surface area (TPSA) is 43.6 Å². The second kappa shape index (κ2) is 2.13. The highest BCUT2D eigenvalue weighted by atomic mass is 32.1. The fourth-order valence-electron chi connectivity index (χ4n) is 0.376. The molecular formula is C3H6N4S. The molecule has 5 heteroatoms. The third-order valence-corrected chi connectivity index (χ3v) is 0.931. The summed E-state index contributed by atoms with van der Waals surface area (Å²) < 4.78 is 1.15. The minimum absolute atomic E-state index is 0.722. The van der Waals surface area contributed by atoms with Crippen LogP contribution in [-0.2, 0) is 6.42 Å². The van der Waals surface area contributed by atoms with Crippen LogP contribution >= 0.6 is 12.8 Å². The van der Waals surface area contributed by atoms with Crippen molar-refractivity contribution in [2.75, 3.05) is 0 Å². The van der Waals surface area contributed by atoms with E-state index in [0.29, 0.717) is 0 Å². The van der Waals surface area contributed by atoms with E-state index in [1.54, 1.807) is 0 Å². The molecule has 0 bridgehead atoms. The highest BCUT2D eigenvalue weighted by Crippen LogP contribution is 1.85. The second-order valence-corrected chi connectivity index (χ2v) is 1.69. The van der Waals surface area contributed by atoms with Crippen molar-refractivity contribution in [1.82, 2.24) is 19.6 Å². The molecule has 1 aromatic heterocycles. The van der Waals surface area contributed by atoms with Gasteiger partial charge in [-0.3, -0.25) is 0 Å². The molecule has 1 heterocycles. The summed E-state index contributed by atoms with van der Waals surface area (Å²) in [5, 5.41) is 11.0. The molecule has 0 atom stereocenters. The van der Waals surface area contributed by atoms with Crippen molar-refractivity contribution < 1.29 is 0 Å². The summed E-state index contributed by atoms with van der Waals surface area (Å²) in [7, 11) is 0. The summed E-state index contributed by atoms with van der Waals surface area (Å²) in [5.74, 6) is 0.722. The van der Waals surface area contributed by atoms with Gasteiger partial charge in [0.05, 0.1) is 0 Å². The van der Waals surface area contributed by atoms with Gasteiger partial charge in [-0.15, -0.1) is 14.4 Å². The summed E-state index contributed by atoms with van der Waals surface area (Å²) in [6.45, 7) is 1.96. The lowest BCUT2D eigenvalue weighted by Crippen LogP contribution is -1.85. The number of tetrazole rings is 1. The molecule has 0 aliphatic heterocycles. The van der Waals surface area contributed by atoms with E-state index in [2.05, 4.69) is 28.2 Å². The van der Waals surface area contributed by atoms with Gasteiger partial charge < -0.3 is 0 Å². The van der Waals surface area contributed by atoms with Crippen molar-refractivity contribution in [2.24, 2.45) is 0 Å². The zero-order valence-electron chi connectivity index (χ0n) is 4.44. The van der Waals surface area contributed by atoms with Crippen LogP contribution in [0.15, 0.2) is 0 Å². The predicted molar refractivity (Wildman–Crippen MR) is 31.6 cm³/mol. The quantitative estimate of drug-likeness (QED) is 0.541. The maximum atomic E-state index is 3.79. The Kier molecular flexibility index (Phi) is 1.48. The lowest BCUT2D eigenvalue weighted by molar-refractivity contribution is 0.824. The maximum absolute atomic E-state index is 3.79. The Hall–Kier alpha value is -0.580. The lowest BCUT2D eigenvalue weighted by atomic mass is 10.5. The lowest BCUT2D eigenvalue weighted by Gasteiger charge is -1.76. The number of aromatic nitrogens is 4. The molecule has 0 fully saturated rings. The van der Waals surface area contributed by atoms with Crippen LogP contribution in [0.25, 0.3) is 0 Å². The minimum Gasteiger partial charge on any atom is -0.125 e. The van der Waals surface area contributed by atoms with Crippen LogP contribution in [0.3, 0.4) is 0 Å². The van der Waals surface area contributed by atoms with Gasteiger partial charge in [0.25, 0.3) is 0 Å². The Morgan fingerprint density at radius 3 is 2.75 bits per heavy atom. The Morgan fingerprint density at radius 1 is 1.75 bits per heavy atom. The van der Waals surface area contributed by atoms with E-state index in [-0.39, 0.29) is 0 Å². The van der Waals surface area contributed by atoms with Crippen molar-refractivity contribution in [3.05, 3.63) is 5.82 Å². The van der Waals surface area contributed by atoms with E-state index in [0.717, 1.165) is 16.4 Å².